The third-order valence-electron chi connectivity index (χ3n) is 7.92. The van der Waals surface area contributed by atoms with Gasteiger partial charge in [0.1, 0.15) is 0 Å². The van der Waals surface area contributed by atoms with Crippen LogP contribution in [0.2, 0.25) is 0 Å². The number of benzene rings is 1. The summed E-state index contributed by atoms with van der Waals surface area (Å²) in [4.78, 5) is 11.5. The van der Waals surface area contributed by atoms with E-state index in [0.717, 1.165) is 51.6 Å². The van der Waals surface area contributed by atoms with Crippen molar-refractivity contribution in [3.8, 4) is 0 Å². The lowest BCUT2D eigenvalue weighted by Gasteiger charge is -2.29. The summed E-state index contributed by atoms with van der Waals surface area (Å²) in [5.41, 5.74) is 6.21. The standard InChI is InChI=1S/C34H54O4/c1-6-8-9-12-27(5)21-32-19-17-28(22-31(32)7-2)15-16-29-18-20-33(37-24-29)14-11-10-13-30(23-35)25-38-34(36)26(3)4/h17,19,21-22,29-30,33,35H,3,6-16,18,20,23-25H2,1-2,4-5H3/b27-21+. The van der Waals surface area contributed by atoms with E-state index >= 15 is 0 Å². The predicted octanol–water partition coefficient (Wildman–Crippen LogP) is 8.25. The van der Waals surface area contributed by atoms with Crippen molar-refractivity contribution in [3.05, 3.63) is 52.6 Å². The van der Waals surface area contributed by atoms with Crippen LogP contribution in [0.1, 0.15) is 115 Å². The molecule has 0 aromatic heterocycles. The first kappa shape index (κ1) is 32.3. The molecule has 3 unspecified atom stereocenters. The van der Waals surface area contributed by atoms with Gasteiger partial charge in [-0.1, -0.05) is 76.0 Å². The molecular formula is C34H54O4. The molecule has 4 heteroatoms. The monoisotopic (exact) mass is 526 g/mol. The lowest BCUT2D eigenvalue weighted by molar-refractivity contribution is -0.140. The van der Waals surface area contributed by atoms with Crippen molar-refractivity contribution in [3.63, 3.8) is 0 Å². The van der Waals surface area contributed by atoms with Gasteiger partial charge in [0.2, 0.25) is 0 Å². The van der Waals surface area contributed by atoms with Crippen molar-refractivity contribution in [1.82, 2.24) is 0 Å². The molecule has 1 aromatic rings. The second kappa shape index (κ2) is 18.4. The van der Waals surface area contributed by atoms with Crippen LogP contribution in [0.25, 0.3) is 6.08 Å². The number of ether oxygens (including phenoxy) is 2. The number of rotatable bonds is 18. The van der Waals surface area contributed by atoms with Crippen LogP contribution in [0.5, 0.6) is 0 Å². The van der Waals surface area contributed by atoms with Gasteiger partial charge in [-0.2, -0.15) is 0 Å². The van der Waals surface area contributed by atoms with E-state index in [0.29, 0.717) is 17.6 Å². The minimum atomic E-state index is -0.378. The zero-order valence-electron chi connectivity index (χ0n) is 24.7. The summed E-state index contributed by atoms with van der Waals surface area (Å²) >= 11 is 0. The Labute approximate surface area is 232 Å². The quantitative estimate of drug-likeness (QED) is 0.119. The number of aryl methyl sites for hydroxylation is 2. The highest BCUT2D eigenvalue weighted by atomic mass is 16.5. The molecule has 1 saturated heterocycles. The maximum atomic E-state index is 11.5. The van der Waals surface area contributed by atoms with Gasteiger partial charge in [-0.3, -0.25) is 0 Å². The second-order valence-corrected chi connectivity index (χ2v) is 11.5. The molecule has 1 heterocycles. The van der Waals surface area contributed by atoms with Gasteiger partial charge in [0.15, 0.2) is 0 Å². The Morgan fingerprint density at radius 1 is 1.16 bits per heavy atom. The van der Waals surface area contributed by atoms with E-state index in [1.807, 2.05) is 0 Å². The topological polar surface area (TPSA) is 55.8 Å². The van der Waals surface area contributed by atoms with Crippen LogP contribution in [0.4, 0.5) is 0 Å². The molecule has 38 heavy (non-hydrogen) atoms. The molecular weight excluding hydrogens is 472 g/mol. The lowest BCUT2D eigenvalue weighted by Crippen LogP contribution is -2.26. The molecule has 0 radical (unpaired) electrons. The van der Waals surface area contributed by atoms with E-state index in [-0.39, 0.29) is 25.1 Å². The maximum Gasteiger partial charge on any atom is 0.333 e. The molecule has 1 fully saturated rings. The molecule has 1 aliphatic heterocycles. The zero-order valence-corrected chi connectivity index (χ0v) is 24.7. The number of hydrogen-bond donors (Lipinski definition) is 1. The highest BCUT2D eigenvalue weighted by Crippen LogP contribution is 2.27. The average Bonchev–Trinajstić information content (AvgIpc) is 2.92. The van der Waals surface area contributed by atoms with Crippen LogP contribution >= 0.6 is 0 Å². The third-order valence-corrected chi connectivity index (χ3v) is 7.92. The van der Waals surface area contributed by atoms with Crippen molar-refractivity contribution in [2.45, 2.75) is 117 Å². The lowest BCUT2D eigenvalue weighted by atomic mass is 9.89. The molecule has 0 spiro atoms. The minimum Gasteiger partial charge on any atom is -0.462 e. The molecule has 0 aliphatic carbocycles. The van der Waals surface area contributed by atoms with E-state index < -0.39 is 0 Å². The fourth-order valence-corrected chi connectivity index (χ4v) is 5.29. The van der Waals surface area contributed by atoms with E-state index in [1.54, 1.807) is 6.92 Å². The first-order valence-corrected chi connectivity index (χ1v) is 15.2. The summed E-state index contributed by atoms with van der Waals surface area (Å²) in [6, 6.07) is 7.09. The summed E-state index contributed by atoms with van der Waals surface area (Å²) < 4.78 is 11.4. The molecule has 1 aliphatic rings. The number of aliphatic hydroxyl groups excluding tert-OH is 1. The van der Waals surface area contributed by atoms with Crippen LogP contribution in [0, 0.1) is 11.8 Å². The minimum absolute atomic E-state index is 0.00286. The largest absolute Gasteiger partial charge is 0.462 e. The number of allylic oxidation sites excluding steroid dienone is 1. The summed E-state index contributed by atoms with van der Waals surface area (Å²) in [5, 5.41) is 9.56. The van der Waals surface area contributed by atoms with E-state index in [1.165, 1.54) is 60.8 Å². The fraction of sp³-hybridized carbons (Fsp3) is 0.676. The molecule has 2 rings (SSSR count). The number of unbranched alkanes of at least 4 members (excludes halogenated alkanes) is 3. The summed E-state index contributed by atoms with van der Waals surface area (Å²) in [6.07, 6.45) is 17.7. The Bertz CT molecular complexity index is 863. The maximum absolute atomic E-state index is 11.5. The molecule has 0 saturated carbocycles. The van der Waals surface area contributed by atoms with Crippen LogP contribution in [-0.4, -0.2) is 37.0 Å². The molecule has 3 atom stereocenters. The molecule has 4 nitrogen and oxygen atoms in total. The first-order valence-electron chi connectivity index (χ1n) is 15.2. The second-order valence-electron chi connectivity index (χ2n) is 11.5. The van der Waals surface area contributed by atoms with E-state index in [2.05, 4.69) is 51.6 Å². The fourth-order valence-electron chi connectivity index (χ4n) is 5.29. The zero-order chi connectivity index (χ0) is 27.8. The van der Waals surface area contributed by atoms with Gasteiger partial charge in [0.25, 0.3) is 0 Å². The van der Waals surface area contributed by atoms with Gasteiger partial charge < -0.3 is 14.6 Å². The Morgan fingerprint density at radius 3 is 2.63 bits per heavy atom. The molecule has 214 valence electrons. The van der Waals surface area contributed by atoms with Gasteiger partial charge in [-0.25, -0.2) is 4.79 Å². The highest BCUT2D eigenvalue weighted by molar-refractivity contribution is 5.86. The molecule has 1 N–H and O–H groups in total. The first-order chi connectivity index (χ1) is 18.4. The van der Waals surface area contributed by atoms with E-state index in [4.69, 9.17) is 9.47 Å². The van der Waals surface area contributed by atoms with Crippen molar-refractivity contribution >= 4 is 12.0 Å². The summed E-state index contributed by atoms with van der Waals surface area (Å²) in [7, 11) is 0. The van der Waals surface area contributed by atoms with Crippen LogP contribution < -0.4 is 0 Å². The van der Waals surface area contributed by atoms with Crippen molar-refractivity contribution < 1.29 is 19.4 Å². The van der Waals surface area contributed by atoms with Crippen LogP contribution in [-0.2, 0) is 27.1 Å². The smallest absolute Gasteiger partial charge is 0.333 e. The van der Waals surface area contributed by atoms with Gasteiger partial charge in [-0.05, 0) is 94.2 Å². The van der Waals surface area contributed by atoms with E-state index in [9.17, 15) is 9.90 Å². The Morgan fingerprint density at radius 2 is 1.97 bits per heavy atom. The molecule has 0 bridgehead atoms. The van der Waals surface area contributed by atoms with Crippen molar-refractivity contribution in [2.24, 2.45) is 11.8 Å². The van der Waals surface area contributed by atoms with Gasteiger partial charge in [0.05, 0.1) is 12.7 Å². The number of hydrogen-bond acceptors (Lipinski definition) is 4. The van der Waals surface area contributed by atoms with Gasteiger partial charge >= 0.3 is 5.97 Å². The molecule has 0 amide bonds. The number of carbonyl (C=O) groups excluding carboxylic acids is 1. The Kier molecular flexibility index (Phi) is 15.6. The normalized spacial score (nSPS) is 18.8. The third kappa shape index (κ3) is 12.3. The summed E-state index contributed by atoms with van der Waals surface area (Å²) in [5.74, 6) is 0.276. The number of carbonyl (C=O) groups is 1. The number of aliphatic hydroxyl groups is 1. The Hall–Kier alpha value is -1.91. The van der Waals surface area contributed by atoms with Crippen molar-refractivity contribution in [2.75, 3.05) is 19.8 Å². The van der Waals surface area contributed by atoms with Crippen molar-refractivity contribution in [1.29, 1.82) is 0 Å². The molecule has 1 aromatic carbocycles. The van der Waals surface area contributed by atoms with Crippen LogP contribution in [0.15, 0.2) is 35.9 Å². The predicted molar refractivity (Wildman–Crippen MR) is 159 cm³/mol. The Balaban J connectivity index is 1.67. The van der Waals surface area contributed by atoms with Crippen LogP contribution in [0.3, 0.4) is 0 Å². The van der Waals surface area contributed by atoms with Gasteiger partial charge in [-0.15, -0.1) is 0 Å². The van der Waals surface area contributed by atoms with Gasteiger partial charge in [0, 0.05) is 24.7 Å². The SMILES string of the molecule is C=C(C)C(=O)OCC(CO)CCCCC1CCC(CCc2ccc(/C=C(\C)CCCCC)c(CC)c2)CO1. The number of esters is 1. The average molecular weight is 527 g/mol. The highest BCUT2D eigenvalue weighted by Gasteiger charge is 2.21. The summed E-state index contributed by atoms with van der Waals surface area (Å²) in [6.45, 7) is 13.2.